The summed E-state index contributed by atoms with van der Waals surface area (Å²) in [7, 11) is 8.54. The molecule has 0 spiro atoms. The molecule has 2 aliphatic rings. The van der Waals surface area contributed by atoms with Crippen molar-refractivity contribution in [3.05, 3.63) is 91.5 Å². The van der Waals surface area contributed by atoms with Gasteiger partial charge in [-0.3, -0.25) is 0 Å². The van der Waals surface area contributed by atoms with Gasteiger partial charge in [0.25, 0.3) is 0 Å². The first kappa shape index (κ1) is 33.2. The lowest BCUT2D eigenvalue weighted by atomic mass is 9.81. The van der Waals surface area contributed by atoms with Crippen LogP contribution in [0.5, 0.6) is 0 Å². The molecule has 4 rings (SSSR count). The second-order valence-electron chi connectivity index (χ2n) is 13.0. The number of benzene rings is 2. The summed E-state index contributed by atoms with van der Waals surface area (Å²) < 4.78 is 4.70. The number of fused-ring (bicyclic) bond motifs is 2. The summed E-state index contributed by atoms with van der Waals surface area (Å²) in [6, 6.07) is 13.3. The van der Waals surface area contributed by atoms with Crippen molar-refractivity contribution in [2.24, 2.45) is 0 Å². The molecule has 0 atom stereocenters. The first-order valence-electron chi connectivity index (χ1n) is 14.8. The van der Waals surface area contributed by atoms with Crippen LogP contribution in [0.3, 0.4) is 0 Å². The molecular formula is C35H46Br2ClN4+. The number of hydrogen-bond donors (Lipinski definition) is 0. The summed E-state index contributed by atoms with van der Waals surface area (Å²) in [4.78, 5) is 6.97. The van der Waals surface area contributed by atoms with Gasteiger partial charge in [0, 0.05) is 68.0 Å². The summed E-state index contributed by atoms with van der Waals surface area (Å²) in [6.07, 6.45) is 10.8. The highest BCUT2D eigenvalue weighted by Crippen LogP contribution is 2.48. The number of halogens is 3. The van der Waals surface area contributed by atoms with Gasteiger partial charge in [-0.1, -0.05) is 57.3 Å². The molecular weight excluding hydrogens is 672 g/mol. The van der Waals surface area contributed by atoms with Gasteiger partial charge >= 0.3 is 0 Å². The number of nitrogens with zero attached hydrogens (tertiary/aromatic N) is 4. The zero-order valence-corrected chi connectivity index (χ0v) is 30.4. The highest BCUT2D eigenvalue weighted by Gasteiger charge is 2.44. The SMILES string of the molecule is CN(C)CCCN1C(=CC=C(Cl)C=CC2=[N+](CCCN(C)C)c3ccc(Br)cc3C2(C)C)C(C)(C)c2cc(Br)ccc21. The van der Waals surface area contributed by atoms with Crippen LogP contribution >= 0.6 is 43.5 Å². The Bertz CT molecular complexity index is 1430. The van der Waals surface area contributed by atoms with Gasteiger partial charge in [-0.25, -0.2) is 0 Å². The Morgan fingerprint density at radius 1 is 0.881 bits per heavy atom. The number of anilines is 1. The van der Waals surface area contributed by atoms with Crippen molar-refractivity contribution in [2.45, 2.75) is 51.4 Å². The fraction of sp³-hybridized carbons (Fsp3) is 0.457. The van der Waals surface area contributed by atoms with Gasteiger partial charge in [-0.2, -0.15) is 4.58 Å². The third kappa shape index (κ3) is 7.15. The maximum absolute atomic E-state index is 6.94. The van der Waals surface area contributed by atoms with E-state index in [1.807, 2.05) is 0 Å². The van der Waals surface area contributed by atoms with Gasteiger partial charge in [-0.05, 0) is 109 Å². The van der Waals surface area contributed by atoms with Crippen molar-refractivity contribution >= 4 is 60.5 Å². The Hall–Kier alpha value is -1.70. The van der Waals surface area contributed by atoms with Crippen LogP contribution in [0.25, 0.3) is 0 Å². The third-order valence-electron chi connectivity index (χ3n) is 8.48. The zero-order valence-electron chi connectivity index (χ0n) is 26.4. The molecule has 0 radical (unpaired) electrons. The maximum atomic E-state index is 6.94. The third-order valence-corrected chi connectivity index (χ3v) is 9.72. The van der Waals surface area contributed by atoms with Gasteiger partial charge in [0.2, 0.25) is 5.69 Å². The first-order chi connectivity index (χ1) is 19.7. The molecule has 0 fully saturated rings. The maximum Gasteiger partial charge on any atom is 0.209 e. The van der Waals surface area contributed by atoms with Crippen LogP contribution in [-0.2, 0) is 10.8 Å². The lowest BCUT2D eigenvalue weighted by Crippen LogP contribution is -2.29. The predicted molar refractivity (Wildman–Crippen MR) is 189 cm³/mol. The average molecular weight is 718 g/mol. The van der Waals surface area contributed by atoms with Crippen LogP contribution in [0, 0.1) is 0 Å². The Balaban J connectivity index is 1.67. The van der Waals surface area contributed by atoms with Gasteiger partial charge in [-0.15, -0.1) is 0 Å². The molecule has 0 saturated heterocycles. The van der Waals surface area contributed by atoms with Crippen LogP contribution in [0.15, 0.2) is 80.4 Å². The molecule has 2 aliphatic heterocycles. The highest BCUT2D eigenvalue weighted by atomic mass is 79.9. The fourth-order valence-electron chi connectivity index (χ4n) is 6.24. The van der Waals surface area contributed by atoms with Crippen molar-refractivity contribution in [1.29, 1.82) is 0 Å². The molecule has 0 aliphatic carbocycles. The molecule has 0 aromatic heterocycles. The summed E-state index contributed by atoms with van der Waals surface area (Å²) in [6.45, 7) is 13.3. The fourth-order valence-corrected chi connectivity index (χ4v) is 7.09. The first-order valence-corrected chi connectivity index (χ1v) is 16.8. The minimum absolute atomic E-state index is 0.130. The van der Waals surface area contributed by atoms with Crippen LogP contribution in [0.4, 0.5) is 11.4 Å². The van der Waals surface area contributed by atoms with Crippen molar-refractivity contribution < 1.29 is 4.58 Å². The van der Waals surface area contributed by atoms with E-state index in [0.29, 0.717) is 0 Å². The van der Waals surface area contributed by atoms with E-state index < -0.39 is 0 Å². The average Bonchev–Trinajstić information content (AvgIpc) is 3.23. The predicted octanol–water partition coefficient (Wildman–Crippen LogP) is 8.85. The smallest absolute Gasteiger partial charge is 0.209 e. The molecule has 2 aromatic rings. The quantitative estimate of drug-likeness (QED) is 0.170. The standard InChI is InChI=1S/C35H46Br2ClN4/c1-34(2)28-23-25(36)11-15-30(28)41(21-9-19-39(5)6)32(34)17-13-27(38)14-18-33-35(3,4)29-24-26(37)12-16-31(29)42(33)22-10-20-40(7)8/h11-18,23-24H,9-10,19-22H2,1-8H3/q+1. The van der Waals surface area contributed by atoms with E-state index in [0.717, 1.165) is 53.0 Å². The van der Waals surface area contributed by atoms with E-state index in [-0.39, 0.29) is 10.8 Å². The van der Waals surface area contributed by atoms with Crippen molar-refractivity contribution in [3.63, 3.8) is 0 Å². The second-order valence-corrected chi connectivity index (χ2v) is 15.3. The molecule has 7 heteroatoms. The Labute approximate surface area is 275 Å². The molecule has 0 N–H and O–H groups in total. The largest absolute Gasteiger partial charge is 0.344 e. The van der Waals surface area contributed by atoms with Gasteiger partial charge < -0.3 is 14.7 Å². The van der Waals surface area contributed by atoms with E-state index in [1.54, 1.807) is 0 Å². The molecule has 4 nitrogen and oxygen atoms in total. The van der Waals surface area contributed by atoms with E-state index in [1.165, 1.54) is 33.9 Å². The lowest BCUT2D eigenvalue weighted by molar-refractivity contribution is -0.438. The van der Waals surface area contributed by atoms with Crippen molar-refractivity contribution in [1.82, 2.24) is 9.80 Å². The van der Waals surface area contributed by atoms with Crippen LogP contribution in [0.1, 0.15) is 51.7 Å². The molecule has 2 aromatic carbocycles. The highest BCUT2D eigenvalue weighted by molar-refractivity contribution is 9.10. The zero-order chi connectivity index (χ0) is 30.8. The molecule has 226 valence electrons. The van der Waals surface area contributed by atoms with Gasteiger partial charge in [0.1, 0.15) is 0 Å². The summed E-state index contributed by atoms with van der Waals surface area (Å²) in [5.41, 5.74) is 7.55. The van der Waals surface area contributed by atoms with Crippen LogP contribution in [-0.4, -0.2) is 74.5 Å². The molecule has 42 heavy (non-hydrogen) atoms. The van der Waals surface area contributed by atoms with Crippen LogP contribution in [0.2, 0.25) is 0 Å². The molecule has 0 amide bonds. The molecule has 0 bridgehead atoms. The molecule has 0 unspecified atom stereocenters. The van der Waals surface area contributed by atoms with E-state index in [4.69, 9.17) is 11.6 Å². The Morgan fingerprint density at radius 3 is 2.17 bits per heavy atom. The number of allylic oxidation sites excluding steroid dienone is 6. The summed E-state index contributed by atoms with van der Waals surface area (Å²) in [5.74, 6) is 0. The minimum atomic E-state index is -0.130. The number of rotatable bonds is 11. The van der Waals surface area contributed by atoms with Crippen molar-refractivity contribution in [3.8, 4) is 0 Å². The molecule has 2 heterocycles. The Morgan fingerprint density at radius 2 is 1.50 bits per heavy atom. The van der Waals surface area contributed by atoms with E-state index >= 15 is 0 Å². The van der Waals surface area contributed by atoms with Crippen molar-refractivity contribution in [2.75, 3.05) is 59.3 Å². The second kappa shape index (κ2) is 13.5. The summed E-state index contributed by atoms with van der Waals surface area (Å²) >= 11 is 14.3. The minimum Gasteiger partial charge on any atom is -0.344 e. The number of hydrogen-bond acceptors (Lipinski definition) is 3. The topological polar surface area (TPSA) is 12.7 Å². The lowest BCUT2D eigenvalue weighted by Gasteiger charge is -2.27. The van der Waals surface area contributed by atoms with E-state index in [2.05, 4.69) is 168 Å². The monoisotopic (exact) mass is 715 g/mol. The van der Waals surface area contributed by atoms with Crippen LogP contribution < -0.4 is 4.90 Å². The van der Waals surface area contributed by atoms with E-state index in [9.17, 15) is 0 Å². The molecule has 0 saturated carbocycles. The van der Waals surface area contributed by atoms with Gasteiger partial charge in [0.05, 0.1) is 5.41 Å². The Kier molecular flexibility index (Phi) is 10.7. The summed E-state index contributed by atoms with van der Waals surface area (Å²) in [5, 5.41) is 0.720. The van der Waals surface area contributed by atoms with Gasteiger partial charge in [0.15, 0.2) is 12.3 Å². The normalized spacial score (nSPS) is 18.7.